The molecule has 7 nitrogen and oxygen atoms in total. The number of hydrazine groups is 1. The normalized spacial score (nSPS) is 18.4. The minimum Gasteiger partial charge on any atom is -0.489 e. The van der Waals surface area contributed by atoms with E-state index in [1.54, 1.807) is 31.3 Å². The van der Waals surface area contributed by atoms with Gasteiger partial charge in [0.05, 0.1) is 16.1 Å². The van der Waals surface area contributed by atoms with Crippen molar-refractivity contribution in [3.8, 4) is 11.5 Å². The lowest BCUT2D eigenvalue weighted by Gasteiger charge is -2.16. The van der Waals surface area contributed by atoms with Crippen LogP contribution in [0.5, 0.6) is 11.5 Å². The summed E-state index contributed by atoms with van der Waals surface area (Å²) in [6, 6.07) is 22.5. The fraction of sp³-hybridized carbons (Fsp3) is 0.231. The second-order valence-electron chi connectivity index (χ2n) is 8.10. The molecule has 1 aliphatic heterocycles. The number of ether oxygens (including phenoxy) is 2. The molecular formula is C26H26Cl2N4O3. The standard InChI is InChI=1S/C26H26Cl2N4O3/c1-17(35-22-10-8-21(9-11-22)34-16-18-5-3-2-4-6-18)26(33)32-30-15-20-14-29-31-25(20)19-7-12-23(27)24(28)13-19/h2-13,15,17,20,25,29,31H,14,16H2,1H3,(H,32,33)/b30-15+. The van der Waals surface area contributed by atoms with Gasteiger partial charge >= 0.3 is 0 Å². The van der Waals surface area contributed by atoms with Gasteiger partial charge in [0, 0.05) is 18.7 Å². The van der Waals surface area contributed by atoms with E-state index in [2.05, 4.69) is 21.4 Å². The predicted molar refractivity (Wildman–Crippen MR) is 138 cm³/mol. The Kier molecular flexibility index (Phi) is 8.60. The van der Waals surface area contributed by atoms with Gasteiger partial charge in [0.25, 0.3) is 5.91 Å². The first-order chi connectivity index (χ1) is 17.0. The first-order valence-corrected chi connectivity index (χ1v) is 11.9. The molecular weight excluding hydrogens is 487 g/mol. The quantitative estimate of drug-likeness (QED) is 0.280. The summed E-state index contributed by atoms with van der Waals surface area (Å²) >= 11 is 12.2. The molecule has 4 rings (SSSR count). The molecule has 1 heterocycles. The zero-order chi connectivity index (χ0) is 24.6. The zero-order valence-electron chi connectivity index (χ0n) is 19.1. The molecule has 0 spiro atoms. The van der Waals surface area contributed by atoms with Gasteiger partial charge in [-0.1, -0.05) is 59.6 Å². The molecule has 1 fully saturated rings. The molecule has 1 amide bonds. The summed E-state index contributed by atoms with van der Waals surface area (Å²) in [5.74, 6) is 0.939. The lowest BCUT2D eigenvalue weighted by molar-refractivity contribution is -0.127. The minimum absolute atomic E-state index is 0.00666. The van der Waals surface area contributed by atoms with E-state index in [4.69, 9.17) is 32.7 Å². The fourth-order valence-electron chi connectivity index (χ4n) is 3.59. The Labute approximate surface area is 214 Å². The number of hydrogen-bond acceptors (Lipinski definition) is 6. The Morgan fingerprint density at radius 2 is 1.83 bits per heavy atom. The van der Waals surface area contributed by atoms with Gasteiger partial charge in [0.15, 0.2) is 6.10 Å². The second kappa shape index (κ2) is 12.0. The number of rotatable bonds is 9. The first kappa shape index (κ1) is 25.0. The summed E-state index contributed by atoms with van der Waals surface area (Å²) in [7, 11) is 0. The van der Waals surface area contributed by atoms with Crippen LogP contribution < -0.4 is 25.8 Å². The number of benzene rings is 3. The summed E-state index contributed by atoms with van der Waals surface area (Å²) in [5.41, 5.74) is 10.9. The Hall–Kier alpha value is -3.10. The third-order valence-corrected chi connectivity index (χ3v) is 6.26. The highest BCUT2D eigenvalue weighted by atomic mass is 35.5. The van der Waals surface area contributed by atoms with E-state index in [-0.39, 0.29) is 17.9 Å². The molecule has 3 atom stereocenters. The van der Waals surface area contributed by atoms with Crippen molar-refractivity contribution in [1.29, 1.82) is 0 Å². The second-order valence-corrected chi connectivity index (χ2v) is 8.91. The number of nitrogens with one attached hydrogen (secondary N) is 3. The molecule has 3 unspecified atom stereocenters. The van der Waals surface area contributed by atoms with Crippen molar-refractivity contribution in [2.24, 2.45) is 11.0 Å². The van der Waals surface area contributed by atoms with Gasteiger partial charge in [-0.25, -0.2) is 10.9 Å². The van der Waals surface area contributed by atoms with Crippen molar-refractivity contribution < 1.29 is 14.3 Å². The Bertz CT molecular complexity index is 1160. The van der Waals surface area contributed by atoms with E-state index in [1.807, 2.05) is 54.6 Å². The van der Waals surface area contributed by atoms with Crippen molar-refractivity contribution in [1.82, 2.24) is 16.3 Å². The van der Waals surface area contributed by atoms with Crippen molar-refractivity contribution in [2.45, 2.75) is 25.7 Å². The SMILES string of the molecule is CC(Oc1ccc(OCc2ccccc2)cc1)C(=O)N/N=C/C1CNNC1c1ccc(Cl)c(Cl)c1. The average molecular weight is 513 g/mol. The van der Waals surface area contributed by atoms with Crippen LogP contribution in [0.2, 0.25) is 10.0 Å². The van der Waals surface area contributed by atoms with Gasteiger partial charge < -0.3 is 9.47 Å². The Balaban J connectivity index is 1.25. The minimum atomic E-state index is -0.728. The summed E-state index contributed by atoms with van der Waals surface area (Å²) in [5, 5.41) is 5.13. The highest BCUT2D eigenvalue weighted by Gasteiger charge is 2.27. The van der Waals surface area contributed by atoms with Crippen LogP contribution in [0.1, 0.15) is 24.1 Å². The molecule has 0 bridgehead atoms. The molecule has 1 saturated heterocycles. The smallest absolute Gasteiger partial charge is 0.280 e. The fourth-order valence-corrected chi connectivity index (χ4v) is 3.89. The number of hydrazone groups is 1. The number of halogens is 2. The van der Waals surface area contributed by atoms with Crippen LogP contribution in [0.25, 0.3) is 0 Å². The maximum Gasteiger partial charge on any atom is 0.280 e. The van der Waals surface area contributed by atoms with Crippen LogP contribution in [0, 0.1) is 5.92 Å². The van der Waals surface area contributed by atoms with Crippen molar-refractivity contribution in [3.05, 3.63) is 94.0 Å². The van der Waals surface area contributed by atoms with Crippen molar-refractivity contribution in [3.63, 3.8) is 0 Å². The molecule has 1 aliphatic rings. The maximum atomic E-state index is 12.4. The third kappa shape index (κ3) is 6.96. The van der Waals surface area contributed by atoms with E-state index < -0.39 is 6.10 Å². The lowest BCUT2D eigenvalue weighted by Crippen LogP contribution is -2.33. The zero-order valence-corrected chi connectivity index (χ0v) is 20.6. The van der Waals surface area contributed by atoms with E-state index in [9.17, 15) is 4.79 Å². The van der Waals surface area contributed by atoms with Crippen LogP contribution in [-0.2, 0) is 11.4 Å². The Morgan fingerprint density at radius 3 is 2.57 bits per heavy atom. The molecule has 0 saturated carbocycles. The van der Waals surface area contributed by atoms with Gasteiger partial charge in [-0.15, -0.1) is 0 Å². The lowest BCUT2D eigenvalue weighted by atomic mass is 9.96. The molecule has 3 aromatic carbocycles. The van der Waals surface area contributed by atoms with E-state index in [1.165, 1.54) is 0 Å². The van der Waals surface area contributed by atoms with Crippen LogP contribution in [0.15, 0.2) is 77.9 Å². The number of nitrogens with zero attached hydrogens (tertiary/aromatic N) is 1. The van der Waals surface area contributed by atoms with E-state index in [0.29, 0.717) is 28.9 Å². The summed E-state index contributed by atoms with van der Waals surface area (Å²) in [6.45, 7) is 2.80. The van der Waals surface area contributed by atoms with E-state index in [0.717, 1.165) is 16.9 Å². The van der Waals surface area contributed by atoms with Crippen molar-refractivity contribution in [2.75, 3.05) is 6.54 Å². The summed E-state index contributed by atoms with van der Waals surface area (Å²) < 4.78 is 11.5. The topological polar surface area (TPSA) is 84.0 Å². The van der Waals surface area contributed by atoms with Gasteiger partial charge in [-0.3, -0.25) is 10.2 Å². The molecule has 0 aliphatic carbocycles. The monoisotopic (exact) mass is 512 g/mol. The third-order valence-electron chi connectivity index (χ3n) is 5.52. The highest BCUT2D eigenvalue weighted by Crippen LogP contribution is 2.29. The highest BCUT2D eigenvalue weighted by molar-refractivity contribution is 6.42. The largest absolute Gasteiger partial charge is 0.489 e. The number of carbonyl (C=O) groups is 1. The number of carbonyl (C=O) groups excluding carboxylic acids is 1. The maximum absolute atomic E-state index is 12.4. The predicted octanol–water partition coefficient (Wildman–Crippen LogP) is 4.91. The molecule has 0 aromatic heterocycles. The van der Waals surface area contributed by atoms with Crippen molar-refractivity contribution >= 4 is 35.3 Å². The van der Waals surface area contributed by atoms with Gasteiger partial charge in [-0.2, -0.15) is 5.10 Å². The van der Waals surface area contributed by atoms with Crippen LogP contribution in [-0.4, -0.2) is 24.8 Å². The van der Waals surface area contributed by atoms with Gasteiger partial charge in [0.1, 0.15) is 18.1 Å². The molecule has 35 heavy (non-hydrogen) atoms. The molecule has 9 heteroatoms. The van der Waals surface area contributed by atoms with E-state index >= 15 is 0 Å². The molecule has 3 aromatic rings. The van der Waals surface area contributed by atoms with Gasteiger partial charge in [-0.05, 0) is 54.4 Å². The summed E-state index contributed by atoms with van der Waals surface area (Å²) in [4.78, 5) is 12.4. The van der Waals surface area contributed by atoms with Crippen LogP contribution in [0.3, 0.4) is 0 Å². The molecule has 182 valence electrons. The van der Waals surface area contributed by atoms with Crippen LogP contribution >= 0.6 is 23.2 Å². The average Bonchev–Trinajstić information content (AvgIpc) is 3.34. The number of hydrogen-bond donors (Lipinski definition) is 3. The summed E-state index contributed by atoms with van der Waals surface area (Å²) in [6.07, 6.45) is 0.970. The molecule has 0 radical (unpaired) electrons. The number of amides is 1. The van der Waals surface area contributed by atoms with Crippen LogP contribution in [0.4, 0.5) is 0 Å². The molecule has 3 N–H and O–H groups in total. The Morgan fingerprint density at radius 1 is 1.09 bits per heavy atom. The first-order valence-electron chi connectivity index (χ1n) is 11.2. The van der Waals surface area contributed by atoms with Gasteiger partial charge in [0.2, 0.25) is 0 Å².